The Bertz CT molecular complexity index is 1090. The van der Waals surface area contributed by atoms with E-state index in [9.17, 15) is 14.3 Å². The predicted octanol–water partition coefficient (Wildman–Crippen LogP) is 4.23. The summed E-state index contributed by atoms with van der Waals surface area (Å²) in [7, 11) is 0. The average Bonchev–Trinajstić information content (AvgIpc) is 2.96. The van der Waals surface area contributed by atoms with Crippen LogP contribution in [0.5, 0.6) is 5.75 Å². The third-order valence-corrected chi connectivity index (χ3v) is 8.31. The standard InChI is InChI=1S/C29H41F2N5O3/c1-3-29(31,4-2)19-35-13-10-20(11-14-35)18-39-22-16-33-27(34-17-22)23-9-8-21(15-24(23)30)28(38)36-12-6-5-7-25(36)26(32)37/h8-9,15-17,20,25,28,38H,3-7,10-14,18-19H2,1-2H3,(H2,32,37)/t25-,28?/m1/s1. The molecule has 2 aromatic rings. The van der Waals surface area contributed by atoms with E-state index in [1.54, 1.807) is 11.0 Å². The molecule has 4 rings (SSSR count). The first-order chi connectivity index (χ1) is 18.7. The molecule has 0 saturated carbocycles. The van der Waals surface area contributed by atoms with Crippen molar-refractivity contribution in [2.75, 3.05) is 32.8 Å². The van der Waals surface area contributed by atoms with Crippen LogP contribution in [-0.4, -0.2) is 75.3 Å². The average molecular weight is 546 g/mol. The van der Waals surface area contributed by atoms with Gasteiger partial charge in [0, 0.05) is 13.1 Å². The number of carbonyl (C=O) groups is 1. The summed E-state index contributed by atoms with van der Waals surface area (Å²) in [6, 6.07) is 3.82. The number of ether oxygens (including phenoxy) is 1. The van der Waals surface area contributed by atoms with E-state index in [1.807, 2.05) is 13.8 Å². The molecule has 0 radical (unpaired) electrons. The molecule has 2 saturated heterocycles. The van der Waals surface area contributed by atoms with Gasteiger partial charge < -0.3 is 20.5 Å². The van der Waals surface area contributed by atoms with Crippen LogP contribution in [0.2, 0.25) is 0 Å². The minimum atomic E-state index is -1.13. The highest BCUT2D eigenvalue weighted by atomic mass is 19.1. The maximum Gasteiger partial charge on any atom is 0.234 e. The van der Waals surface area contributed by atoms with Crippen LogP contribution < -0.4 is 10.5 Å². The summed E-state index contributed by atoms with van der Waals surface area (Å²) in [5, 5.41) is 10.8. The van der Waals surface area contributed by atoms with Crippen molar-refractivity contribution in [3.05, 3.63) is 42.0 Å². The number of aliphatic hydroxyl groups excluding tert-OH is 1. The molecule has 2 atom stereocenters. The van der Waals surface area contributed by atoms with E-state index in [4.69, 9.17) is 10.5 Å². The highest BCUT2D eigenvalue weighted by molar-refractivity contribution is 5.80. The quantitative estimate of drug-likeness (QED) is 0.435. The van der Waals surface area contributed by atoms with Crippen LogP contribution in [0, 0.1) is 11.7 Å². The summed E-state index contributed by atoms with van der Waals surface area (Å²) in [4.78, 5) is 24.2. The van der Waals surface area contributed by atoms with Crippen molar-refractivity contribution in [1.82, 2.24) is 19.8 Å². The molecule has 1 amide bonds. The van der Waals surface area contributed by atoms with Crippen LogP contribution >= 0.6 is 0 Å². The Balaban J connectivity index is 1.31. The fourth-order valence-corrected chi connectivity index (χ4v) is 5.55. The first-order valence-electron chi connectivity index (χ1n) is 14.1. The number of primary amides is 1. The number of likely N-dealkylation sites (tertiary alicyclic amines) is 2. The van der Waals surface area contributed by atoms with Crippen molar-refractivity contribution in [3.8, 4) is 17.1 Å². The molecule has 1 aromatic heterocycles. The summed E-state index contributed by atoms with van der Waals surface area (Å²) >= 11 is 0. The molecular weight excluding hydrogens is 504 g/mol. The van der Waals surface area contributed by atoms with Gasteiger partial charge in [-0.3, -0.25) is 9.69 Å². The lowest BCUT2D eigenvalue weighted by atomic mass is 9.94. The zero-order valence-corrected chi connectivity index (χ0v) is 23.0. The number of hydrogen-bond acceptors (Lipinski definition) is 7. The Morgan fingerprint density at radius 2 is 1.85 bits per heavy atom. The minimum Gasteiger partial charge on any atom is -0.490 e. The molecule has 10 heteroatoms. The van der Waals surface area contributed by atoms with Gasteiger partial charge in [-0.15, -0.1) is 0 Å². The molecule has 39 heavy (non-hydrogen) atoms. The molecule has 2 aliphatic rings. The van der Waals surface area contributed by atoms with E-state index in [0.717, 1.165) is 38.8 Å². The van der Waals surface area contributed by atoms with E-state index in [-0.39, 0.29) is 11.4 Å². The highest BCUT2D eigenvalue weighted by Crippen LogP contribution is 2.30. The summed E-state index contributed by atoms with van der Waals surface area (Å²) in [5.74, 6) is 0.0465. The maximum absolute atomic E-state index is 15.0. The first kappa shape index (κ1) is 29.3. The Morgan fingerprint density at radius 3 is 2.46 bits per heavy atom. The van der Waals surface area contributed by atoms with Crippen LogP contribution in [0.15, 0.2) is 30.6 Å². The fraction of sp³-hybridized carbons (Fsp3) is 0.621. The van der Waals surface area contributed by atoms with Gasteiger partial charge in [0.15, 0.2) is 11.6 Å². The van der Waals surface area contributed by atoms with Gasteiger partial charge in [0.1, 0.15) is 17.7 Å². The van der Waals surface area contributed by atoms with Gasteiger partial charge in [0.25, 0.3) is 0 Å². The Hall–Kier alpha value is -2.69. The molecule has 3 heterocycles. The Labute approximate surface area is 229 Å². The molecule has 2 aliphatic heterocycles. The van der Waals surface area contributed by atoms with E-state index < -0.39 is 29.7 Å². The van der Waals surface area contributed by atoms with Crippen LogP contribution in [-0.2, 0) is 4.79 Å². The molecule has 214 valence electrons. The van der Waals surface area contributed by atoms with Crippen LogP contribution in [0.3, 0.4) is 0 Å². The summed E-state index contributed by atoms with van der Waals surface area (Å²) < 4.78 is 35.7. The number of hydrogen-bond donors (Lipinski definition) is 2. The van der Waals surface area contributed by atoms with E-state index in [0.29, 0.717) is 56.2 Å². The second-order valence-corrected chi connectivity index (χ2v) is 10.9. The van der Waals surface area contributed by atoms with Gasteiger partial charge in [-0.1, -0.05) is 26.3 Å². The largest absolute Gasteiger partial charge is 0.490 e. The summed E-state index contributed by atoms with van der Waals surface area (Å²) in [6.07, 6.45) is 7.17. The predicted molar refractivity (Wildman–Crippen MR) is 145 cm³/mol. The van der Waals surface area contributed by atoms with Gasteiger partial charge in [0.2, 0.25) is 5.91 Å². The van der Waals surface area contributed by atoms with Crippen molar-refractivity contribution in [1.29, 1.82) is 0 Å². The number of nitrogens with two attached hydrogens (primary N) is 1. The van der Waals surface area contributed by atoms with Crippen molar-refractivity contribution >= 4 is 5.91 Å². The smallest absolute Gasteiger partial charge is 0.234 e. The minimum absolute atomic E-state index is 0.207. The first-order valence-corrected chi connectivity index (χ1v) is 14.1. The van der Waals surface area contributed by atoms with Crippen LogP contribution in [0.1, 0.15) is 70.6 Å². The van der Waals surface area contributed by atoms with E-state index in [2.05, 4.69) is 14.9 Å². The number of alkyl halides is 1. The zero-order chi connectivity index (χ0) is 28.0. The normalized spacial score (nSPS) is 20.6. The molecule has 0 bridgehead atoms. The Morgan fingerprint density at radius 1 is 1.15 bits per heavy atom. The lowest BCUT2D eigenvalue weighted by Crippen LogP contribution is -2.49. The molecule has 1 aromatic carbocycles. The molecule has 0 spiro atoms. The number of halogens is 2. The summed E-state index contributed by atoms with van der Waals surface area (Å²) in [5.41, 5.74) is 4.95. The molecule has 1 unspecified atom stereocenters. The summed E-state index contributed by atoms with van der Waals surface area (Å²) in [6.45, 7) is 7.07. The molecular formula is C29H41F2N5O3. The van der Waals surface area contributed by atoms with Gasteiger partial charge in [-0.2, -0.15) is 0 Å². The number of aliphatic hydroxyl groups is 1. The molecule has 8 nitrogen and oxygen atoms in total. The van der Waals surface area contributed by atoms with Crippen LogP contribution in [0.4, 0.5) is 8.78 Å². The monoisotopic (exact) mass is 545 g/mol. The van der Waals surface area contributed by atoms with Gasteiger partial charge in [-0.25, -0.2) is 18.7 Å². The SMILES string of the molecule is CCC(F)(CC)CN1CCC(COc2cnc(-c3ccc(C(O)N4CCCC[C@@H]4C(N)=O)cc3F)nc2)CC1. The zero-order valence-electron chi connectivity index (χ0n) is 23.0. The number of carbonyl (C=O) groups excluding carboxylic acids is 1. The molecule has 2 fully saturated rings. The maximum atomic E-state index is 15.0. The van der Waals surface area contributed by atoms with Gasteiger partial charge in [0.05, 0.1) is 30.6 Å². The highest BCUT2D eigenvalue weighted by Gasteiger charge is 2.33. The van der Waals surface area contributed by atoms with Crippen LogP contribution in [0.25, 0.3) is 11.4 Å². The second kappa shape index (κ2) is 13.1. The van der Waals surface area contributed by atoms with E-state index >= 15 is 4.39 Å². The molecule has 0 aliphatic carbocycles. The lowest BCUT2D eigenvalue weighted by Gasteiger charge is -2.37. The molecule has 3 N–H and O–H groups in total. The third-order valence-electron chi connectivity index (χ3n) is 8.31. The van der Waals surface area contributed by atoms with Crippen molar-refractivity contribution in [2.24, 2.45) is 11.7 Å². The number of piperidine rings is 2. The van der Waals surface area contributed by atoms with Crippen molar-refractivity contribution in [3.63, 3.8) is 0 Å². The number of nitrogens with zero attached hydrogens (tertiary/aromatic N) is 4. The fourth-order valence-electron chi connectivity index (χ4n) is 5.55. The number of amides is 1. The number of rotatable bonds is 11. The number of benzene rings is 1. The van der Waals surface area contributed by atoms with Gasteiger partial charge in [-0.05, 0) is 75.2 Å². The lowest BCUT2D eigenvalue weighted by molar-refractivity contribution is -0.131. The van der Waals surface area contributed by atoms with Crippen molar-refractivity contribution in [2.45, 2.75) is 76.7 Å². The van der Waals surface area contributed by atoms with E-state index in [1.165, 1.54) is 24.5 Å². The second-order valence-electron chi connectivity index (χ2n) is 10.9. The van der Waals surface area contributed by atoms with Crippen molar-refractivity contribution < 1.29 is 23.4 Å². The number of aromatic nitrogens is 2. The Kier molecular flexibility index (Phi) is 9.85. The van der Waals surface area contributed by atoms with Gasteiger partial charge >= 0.3 is 0 Å². The third kappa shape index (κ3) is 7.29. The topological polar surface area (TPSA) is 105 Å².